The molecule has 0 radical (unpaired) electrons. The maximum absolute atomic E-state index is 3.39. The van der Waals surface area contributed by atoms with Crippen LogP contribution >= 0.6 is 11.8 Å². The average molecular weight is 250 g/mol. The Morgan fingerprint density at radius 3 is 2.59 bits per heavy atom. The maximum atomic E-state index is 3.39. The molecule has 0 bridgehead atoms. The highest BCUT2D eigenvalue weighted by Crippen LogP contribution is 2.18. The molecule has 2 rings (SSSR count). The molecule has 3 heteroatoms. The second kappa shape index (κ2) is 7.75. The summed E-state index contributed by atoms with van der Waals surface area (Å²) < 4.78 is 0. The lowest BCUT2D eigenvalue weighted by molar-refractivity contribution is 0.238. The van der Waals surface area contributed by atoms with Crippen molar-refractivity contribution in [2.45, 2.75) is 17.7 Å². The lowest BCUT2D eigenvalue weighted by Gasteiger charge is -2.26. The van der Waals surface area contributed by atoms with Crippen molar-refractivity contribution in [3.05, 3.63) is 30.3 Å². The van der Waals surface area contributed by atoms with Crippen LogP contribution in [0.1, 0.15) is 12.8 Å². The second-order valence-corrected chi connectivity index (χ2v) is 5.63. The van der Waals surface area contributed by atoms with Gasteiger partial charge < -0.3 is 10.2 Å². The molecule has 1 aliphatic rings. The molecule has 1 aromatic carbocycles. The van der Waals surface area contributed by atoms with Gasteiger partial charge in [0.25, 0.3) is 0 Å². The average Bonchev–Trinajstić information content (AvgIpc) is 2.41. The van der Waals surface area contributed by atoms with E-state index in [0.29, 0.717) is 0 Å². The van der Waals surface area contributed by atoms with Crippen molar-refractivity contribution in [1.82, 2.24) is 10.2 Å². The Bertz CT molecular complexity index is 296. The predicted molar refractivity (Wildman–Crippen MR) is 75.7 cm³/mol. The van der Waals surface area contributed by atoms with Gasteiger partial charge in [0.15, 0.2) is 0 Å². The van der Waals surface area contributed by atoms with Gasteiger partial charge in [-0.25, -0.2) is 0 Å². The molecule has 1 N–H and O–H groups in total. The molecule has 0 amide bonds. The van der Waals surface area contributed by atoms with Crippen LogP contribution in [0, 0.1) is 0 Å². The van der Waals surface area contributed by atoms with Crippen molar-refractivity contribution < 1.29 is 0 Å². The zero-order valence-corrected chi connectivity index (χ0v) is 11.2. The highest BCUT2D eigenvalue weighted by Gasteiger charge is 2.07. The number of nitrogens with zero attached hydrogens (tertiary/aromatic N) is 1. The van der Waals surface area contributed by atoms with Crippen LogP contribution in [-0.4, -0.2) is 43.4 Å². The van der Waals surface area contributed by atoms with Crippen molar-refractivity contribution in [2.24, 2.45) is 0 Å². The molecule has 94 valence electrons. The zero-order chi connectivity index (χ0) is 11.8. The molecule has 0 aliphatic carbocycles. The molecule has 17 heavy (non-hydrogen) atoms. The van der Waals surface area contributed by atoms with E-state index in [1.54, 1.807) is 0 Å². The highest BCUT2D eigenvalue weighted by molar-refractivity contribution is 7.99. The monoisotopic (exact) mass is 250 g/mol. The Labute approximate surface area is 109 Å². The van der Waals surface area contributed by atoms with Gasteiger partial charge in [-0.05, 0) is 37.3 Å². The lowest BCUT2D eigenvalue weighted by Crippen LogP contribution is -2.43. The first-order valence-corrected chi connectivity index (χ1v) is 7.54. The fourth-order valence-corrected chi connectivity index (χ4v) is 3.01. The second-order valence-electron chi connectivity index (χ2n) is 4.46. The number of benzene rings is 1. The summed E-state index contributed by atoms with van der Waals surface area (Å²) in [6.45, 7) is 6.06. The summed E-state index contributed by atoms with van der Waals surface area (Å²) in [4.78, 5) is 3.97. The fraction of sp³-hybridized carbons (Fsp3) is 0.571. The molecule has 1 aliphatic heterocycles. The van der Waals surface area contributed by atoms with Gasteiger partial charge in [0, 0.05) is 31.1 Å². The van der Waals surface area contributed by atoms with Gasteiger partial charge in [-0.3, -0.25) is 0 Å². The first-order chi connectivity index (χ1) is 8.45. The van der Waals surface area contributed by atoms with Gasteiger partial charge >= 0.3 is 0 Å². The van der Waals surface area contributed by atoms with E-state index in [4.69, 9.17) is 0 Å². The summed E-state index contributed by atoms with van der Waals surface area (Å²) in [5.74, 6) is 1.25. The molecular formula is C14H22N2S. The first kappa shape index (κ1) is 12.9. The SMILES string of the molecule is c1ccc(SCCCCN2CCNCC2)cc1. The summed E-state index contributed by atoms with van der Waals surface area (Å²) in [5.41, 5.74) is 0. The van der Waals surface area contributed by atoms with Gasteiger partial charge in [-0.15, -0.1) is 11.8 Å². The number of unbranched alkanes of at least 4 members (excludes halogenated alkanes) is 1. The molecule has 0 atom stereocenters. The largest absolute Gasteiger partial charge is 0.314 e. The molecule has 1 aromatic rings. The molecule has 1 fully saturated rings. The minimum atomic E-state index is 1.17. The Morgan fingerprint density at radius 2 is 1.82 bits per heavy atom. The third kappa shape index (κ3) is 5.11. The Kier molecular flexibility index (Phi) is 5.89. The fourth-order valence-electron chi connectivity index (χ4n) is 2.08. The van der Waals surface area contributed by atoms with Crippen LogP contribution in [0.5, 0.6) is 0 Å². The van der Waals surface area contributed by atoms with E-state index in [1.165, 1.54) is 56.2 Å². The topological polar surface area (TPSA) is 15.3 Å². The number of rotatable bonds is 6. The summed E-state index contributed by atoms with van der Waals surface area (Å²) in [6.07, 6.45) is 2.66. The number of thioether (sulfide) groups is 1. The van der Waals surface area contributed by atoms with Gasteiger partial charge in [-0.2, -0.15) is 0 Å². The smallest absolute Gasteiger partial charge is 0.0107 e. The van der Waals surface area contributed by atoms with Crippen LogP contribution in [0.3, 0.4) is 0 Å². The summed E-state index contributed by atoms with van der Waals surface area (Å²) in [6, 6.07) is 10.7. The standard InChI is InChI=1S/C14H22N2S/c1-2-6-14(7-3-1)17-13-5-4-10-16-11-8-15-9-12-16/h1-3,6-7,15H,4-5,8-13H2. The molecule has 2 nitrogen and oxygen atoms in total. The predicted octanol–water partition coefficient (Wildman–Crippen LogP) is 2.46. The molecule has 0 aromatic heterocycles. The lowest BCUT2D eigenvalue weighted by atomic mass is 10.3. The van der Waals surface area contributed by atoms with Crippen LogP contribution in [0.25, 0.3) is 0 Å². The van der Waals surface area contributed by atoms with E-state index in [2.05, 4.69) is 40.5 Å². The van der Waals surface area contributed by atoms with Crippen LogP contribution in [-0.2, 0) is 0 Å². The third-order valence-electron chi connectivity index (χ3n) is 3.09. The van der Waals surface area contributed by atoms with Gasteiger partial charge in [0.05, 0.1) is 0 Å². The number of hydrogen-bond acceptors (Lipinski definition) is 3. The molecule has 0 spiro atoms. The maximum Gasteiger partial charge on any atom is 0.0107 e. The summed E-state index contributed by atoms with van der Waals surface area (Å²) in [7, 11) is 0. The Morgan fingerprint density at radius 1 is 1.06 bits per heavy atom. The molecular weight excluding hydrogens is 228 g/mol. The molecule has 1 saturated heterocycles. The molecule has 0 unspecified atom stereocenters. The van der Waals surface area contributed by atoms with E-state index in [9.17, 15) is 0 Å². The van der Waals surface area contributed by atoms with Crippen molar-refractivity contribution in [1.29, 1.82) is 0 Å². The van der Waals surface area contributed by atoms with Crippen LogP contribution < -0.4 is 5.32 Å². The molecule has 1 heterocycles. The summed E-state index contributed by atoms with van der Waals surface area (Å²) >= 11 is 1.98. The Hall–Kier alpha value is -0.510. The van der Waals surface area contributed by atoms with Crippen molar-refractivity contribution in [3.63, 3.8) is 0 Å². The highest BCUT2D eigenvalue weighted by atomic mass is 32.2. The van der Waals surface area contributed by atoms with Gasteiger partial charge in [-0.1, -0.05) is 18.2 Å². The van der Waals surface area contributed by atoms with E-state index < -0.39 is 0 Å². The van der Waals surface area contributed by atoms with Gasteiger partial charge in [0.1, 0.15) is 0 Å². The van der Waals surface area contributed by atoms with E-state index >= 15 is 0 Å². The van der Waals surface area contributed by atoms with Crippen molar-refractivity contribution >= 4 is 11.8 Å². The molecule has 0 saturated carbocycles. The normalized spacial score (nSPS) is 17.2. The van der Waals surface area contributed by atoms with Crippen LogP contribution in [0.2, 0.25) is 0 Å². The first-order valence-electron chi connectivity index (χ1n) is 6.56. The minimum absolute atomic E-state index is 1.17. The number of piperazine rings is 1. The minimum Gasteiger partial charge on any atom is -0.314 e. The van der Waals surface area contributed by atoms with E-state index in [0.717, 1.165) is 0 Å². The number of hydrogen-bond donors (Lipinski definition) is 1. The summed E-state index contributed by atoms with van der Waals surface area (Å²) in [5, 5.41) is 3.39. The number of nitrogens with one attached hydrogen (secondary N) is 1. The van der Waals surface area contributed by atoms with E-state index in [1.807, 2.05) is 11.8 Å². The van der Waals surface area contributed by atoms with Gasteiger partial charge in [0.2, 0.25) is 0 Å². The van der Waals surface area contributed by atoms with Crippen LogP contribution in [0.15, 0.2) is 35.2 Å². The van der Waals surface area contributed by atoms with Crippen molar-refractivity contribution in [2.75, 3.05) is 38.5 Å². The zero-order valence-electron chi connectivity index (χ0n) is 10.4. The van der Waals surface area contributed by atoms with E-state index in [-0.39, 0.29) is 0 Å². The third-order valence-corrected chi connectivity index (χ3v) is 4.19. The Balaban J connectivity index is 1.51. The quantitative estimate of drug-likeness (QED) is 0.617. The van der Waals surface area contributed by atoms with Crippen LogP contribution in [0.4, 0.5) is 0 Å². The van der Waals surface area contributed by atoms with Crippen molar-refractivity contribution in [3.8, 4) is 0 Å².